The van der Waals surface area contributed by atoms with E-state index in [1.807, 2.05) is 0 Å². The molecule has 0 amide bonds. The van der Waals surface area contributed by atoms with Crippen molar-refractivity contribution in [2.24, 2.45) is 28.2 Å². The minimum absolute atomic E-state index is 0.200. The lowest BCUT2D eigenvalue weighted by molar-refractivity contribution is 0.707. The highest BCUT2D eigenvalue weighted by Crippen LogP contribution is 2.21. The summed E-state index contributed by atoms with van der Waals surface area (Å²) in [5, 5.41) is 0. The molecule has 0 spiro atoms. The molecule has 4 aromatic rings. The Morgan fingerprint density at radius 1 is 0.679 bits per heavy atom. The third kappa shape index (κ3) is 2.17. The molecular weight excluding hydrogens is 368 g/mol. The fraction of sp³-hybridized carbons (Fsp3) is 0.375. The van der Waals surface area contributed by atoms with E-state index in [0.717, 1.165) is 9.13 Å². The molecule has 4 rings (SSSR count). The summed E-state index contributed by atoms with van der Waals surface area (Å²) in [6.45, 7) is 1.78. The summed E-state index contributed by atoms with van der Waals surface area (Å²) in [6.07, 6.45) is 0. The molecule has 4 aromatic heterocycles. The second-order valence-electron chi connectivity index (χ2n) is 6.77. The van der Waals surface area contributed by atoms with Gasteiger partial charge in [-0.3, -0.25) is 27.9 Å². The number of rotatable bonds is 2. The summed E-state index contributed by atoms with van der Waals surface area (Å²) in [5.74, 6) is 0.336. The smallest absolute Gasteiger partial charge is 0.332 e. The van der Waals surface area contributed by atoms with Crippen molar-refractivity contribution in [2.45, 2.75) is 12.8 Å². The van der Waals surface area contributed by atoms with Crippen molar-refractivity contribution in [3.8, 4) is 0 Å². The number of fused-ring (bicyclic) bond motifs is 2. The third-order valence-electron chi connectivity index (χ3n) is 5.05. The van der Waals surface area contributed by atoms with E-state index in [-0.39, 0.29) is 22.3 Å². The Bertz CT molecular complexity index is 1390. The predicted molar refractivity (Wildman–Crippen MR) is 101 cm³/mol. The normalized spacial score (nSPS) is 11.9. The summed E-state index contributed by atoms with van der Waals surface area (Å²) in [4.78, 5) is 63.6. The lowest BCUT2D eigenvalue weighted by Crippen LogP contribution is -2.36. The first kappa shape index (κ1) is 17.7. The van der Waals surface area contributed by atoms with Gasteiger partial charge in [0.1, 0.15) is 22.7 Å². The first-order valence-corrected chi connectivity index (χ1v) is 8.44. The largest absolute Gasteiger partial charge is 0.335 e. The van der Waals surface area contributed by atoms with Gasteiger partial charge in [0.2, 0.25) is 0 Å². The van der Waals surface area contributed by atoms with Crippen LogP contribution in [0.2, 0.25) is 0 Å². The van der Waals surface area contributed by atoms with E-state index in [9.17, 15) is 19.2 Å². The van der Waals surface area contributed by atoms with Crippen LogP contribution in [-0.2, 0) is 28.2 Å². The molecule has 0 saturated heterocycles. The Morgan fingerprint density at radius 3 is 1.39 bits per heavy atom. The molecule has 0 aromatic carbocycles. The Morgan fingerprint density at radius 2 is 1.04 bits per heavy atom. The van der Waals surface area contributed by atoms with Crippen molar-refractivity contribution in [3.63, 3.8) is 0 Å². The first-order valence-electron chi connectivity index (χ1n) is 8.44. The lowest BCUT2D eigenvalue weighted by Gasteiger charge is -2.03. The van der Waals surface area contributed by atoms with Gasteiger partial charge in [0.25, 0.3) is 11.1 Å². The Balaban J connectivity index is 1.95. The molecule has 12 nitrogen and oxygen atoms in total. The van der Waals surface area contributed by atoms with Gasteiger partial charge in [-0.2, -0.15) is 0 Å². The number of imidazole rings is 2. The van der Waals surface area contributed by atoms with E-state index < -0.39 is 28.4 Å². The molecule has 0 unspecified atom stereocenters. The molecule has 0 aliphatic heterocycles. The number of aromatic nitrogens is 8. The van der Waals surface area contributed by atoms with Gasteiger partial charge in [-0.1, -0.05) is 0 Å². The maximum Gasteiger partial charge on any atom is 0.332 e. The second-order valence-corrected chi connectivity index (χ2v) is 6.77. The molecule has 2 N–H and O–H groups in total. The van der Waals surface area contributed by atoms with Crippen LogP contribution in [0.15, 0.2) is 19.2 Å². The molecule has 0 radical (unpaired) electrons. The van der Waals surface area contributed by atoms with Crippen LogP contribution in [0, 0.1) is 0 Å². The van der Waals surface area contributed by atoms with Crippen LogP contribution in [0.5, 0.6) is 0 Å². The highest BCUT2D eigenvalue weighted by Gasteiger charge is 2.22. The Hall–Kier alpha value is -3.70. The lowest BCUT2D eigenvalue weighted by atomic mass is 10.1. The van der Waals surface area contributed by atoms with Crippen LogP contribution in [-0.4, -0.2) is 38.2 Å². The molecule has 0 aliphatic rings. The second kappa shape index (κ2) is 5.65. The van der Waals surface area contributed by atoms with Crippen LogP contribution in [0.1, 0.15) is 24.5 Å². The zero-order valence-corrected chi connectivity index (χ0v) is 15.9. The van der Waals surface area contributed by atoms with Gasteiger partial charge in [0.05, 0.1) is 5.92 Å². The van der Waals surface area contributed by atoms with Gasteiger partial charge in [-0.05, 0) is 6.92 Å². The fourth-order valence-corrected chi connectivity index (χ4v) is 3.23. The van der Waals surface area contributed by atoms with Crippen molar-refractivity contribution in [3.05, 3.63) is 53.3 Å². The number of nitrogens with one attached hydrogen (secondary N) is 2. The average Bonchev–Trinajstić information content (AvgIpc) is 3.32. The Labute approximate surface area is 155 Å². The molecule has 146 valence electrons. The number of aryl methyl sites for hydroxylation is 2. The maximum atomic E-state index is 12.4. The van der Waals surface area contributed by atoms with E-state index in [2.05, 4.69) is 19.9 Å². The minimum atomic E-state index is -0.482. The van der Waals surface area contributed by atoms with Gasteiger partial charge in [-0.15, -0.1) is 0 Å². The molecule has 4 heterocycles. The predicted octanol–water partition coefficient (Wildman–Crippen LogP) is -1.61. The van der Waals surface area contributed by atoms with Gasteiger partial charge in [-0.25, -0.2) is 19.6 Å². The van der Waals surface area contributed by atoms with Crippen LogP contribution in [0.3, 0.4) is 0 Å². The van der Waals surface area contributed by atoms with E-state index in [1.165, 1.54) is 37.3 Å². The molecule has 12 heteroatoms. The average molecular weight is 386 g/mol. The number of H-pyrrole nitrogens is 2. The number of nitrogens with zero attached hydrogens (tertiary/aromatic N) is 6. The van der Waals surface area contributed by atoms with Crippen molar-refractivity contribution < 1.29 is 0 Å². The number of aromatic amines is 2. The highest BCUT2D eigenvalue weighted by atomic mass is 16.2. The first-order chi connectivity index (χ1) is 13.1. The van der Waals surface area contributed by atoms with Crippen LogP contribution in [0.4, 0.5) is 0 Å². The van der Waals surface area contributed by atoms with Crippen LogP contribution in [0.25, 0.3) is 22.3 Å². The van der Waals surface area contributed by atoms with Gasteiger partial charge >= 0.3 is 11.4 Å². The number of hydrogen-bond donors (Lipinski definition) is 2. The standard InChI is InChI=1S/C16H18N8O4/c1-6(9-17-7-11(19-9)21(2)15(27)23(4)13(7)25)10-18-8-12(20-10)22(3)16(28)24(5)14(8)26/h6H,1-5H3,(H,17,19)(H,18,20). The summed E-state index contributed by atoms with van der Waals surface area (Å²) < 4.78 is 4.55. The fourth-order valence-electron chi connectivity index (χ4n) is 3.23. The minimum Gasteiger partial charge on any atom is -0.335 e. The zero-order chi connectivity index (χ0) is 20.5. The topological polar surface area (TPSA) is 145 Å². The van der Waals surface area contributed by atoms with E-state index >= 15 is 0 Å². The molecule has 0 fully saturated rings. The summed E-state index contributed by atoms with van der Waals surface area (Å²) >= 11 is 0. The molecule has 28 heavy (non-hydrogen) atoms. The van der Waals surface area contributed by atoms with Gasteiger partial charge in [0, 0.05) is 28.2 Å². The van der Waals surface area contributed by atoms with Crippen molar-refractivity contribution in [1.29, 1.82) is 0 Å². The van der Waals surface area contributed by atoms with Crippen LogP contribution < -0.4 is 22.5 Å². The quantitative estimate of drug-likeness (QED) is 0.424. The summed E-state index contributed by atoms with van der Waals surface area (Å²) in [5.41, 5.74) is -1.06. The zero-order valence-electron chi connectivity index (χ0n) is 15.9. The molecular formula is C16H18N8O4. The van der Waals surface area contributed by atoms with Gasteiger partial charge < -0.3 is 9.97 Å². The van der Waals surface area contributed by atoms with Crippen LogP contribution >= 0.6 is 0 Å². The summed E-state index contributed by atoms with van der Waals surface area (Å²) in [6, 6.07) is 0. The SMILES string of the molecule is CC(c1nc2c([nH]1)c(=O)n(C)c(=O)n2C)c1nc2c([nH]1)c(=O)n(C)c(=O)n2C. The molecule has 0 saturated carbocycles. The van der Waals surface area contributed by atoms with E-state index in [1.54, 1.807) is 6.92 Å². The highest BCUT2D eigenvalue weighted by molar-refractivity contribution is 5.71. The van der Waals surface area contributed by atoms with Gasteiger partial charge in [0.15, 0.2) is 11.3 Å². The monoisotopic (exact) mass is 386 g/mol. The summed E-state index contributed by atoms with van der Waals surface area (Å²) in [7, 11) is 5.84. The molecule has 0 bridgehead atoms. The Kier molecular flexibility index (Phi) is 3.57. The number of hydrogen-bond acceptors (Lipinski definition) is 6. The maximum absolute atomic E-state index is 12.4. The van der Waals surface area contributed by atoms with E-state index in [4.69, 9.17) is 0 Å². The molecule has 0 aliphatic carbocycles. The van der Waals surface area contributed by atoms with Crippen molar-refractivity contribution in [2.75, 3.05) is 0 Å². The van der Waals surface area contributed by atoms with Crippen molar-refractivity contribution in [1.82, 2.24) is 38.2 Å². The van der Waals surface area contributed by atoms with Crippen molar-refractivity contribution >= 4 is 22.3 Å². The van der Waals surface area contributed by atoms with E-state index in [0.29, 0.717) is 11.6 Å². The third-order valence-corrected chi connectivity index (χ3v) is 5.05. The molecule has 0 atom stereocenters.